The Bertz CT molecular complexity index is 403. The zero-order valence-corrected chi connectivity index (χ0v) is 12.4. The summed E-state index contributed by atoms with van der Waals surface area (Å²) in [7, 11) is 0. The SMILES string of the molecule is CC1Cc2nc(C(N)C(C)(C)C)sc2C(C)C1. The van der Waals surface area contributed by atoms with E-state index in [0.717, 1.165) is 17.3 Å². The predicted octanol–water partition coefficient (Wildman–Crippen LogP) is 3.87. The third-order valence-corrected chi connectivity index (χ3v) is 5.10. The van der Waals surface area contributed by atoms with Gasteiger partial charge in [-0.05, 0) is 30.1 Å². The summed E-state index contributed by atoms with van der Waals surface area (Å²) in [5, 5.41) is 1.13. The van der Waals surface area contributed by atoms with E-state index in [1.54, 1.807) is 0 Å². The van der Waals surface area contributed by atoms with Gasteiger partial charge in [-0.15, -0.1) is 11.3 Å². The number of rotatable bonds is 1. The molecule has 2 nitrogen and oxygen atoms in total. The van der Waals surface area contributed by atoms with Crippen LogP contribution in [0.4, 0.5) is 0 Å². The van der Waals surface area contributed by atoms with E-state index in [9.17, 15) is 0 Å². The number of nitrogens with zero attached hydrogens (tertiary/aromatic N) is 1. The first kappa shape index (κ1) is 13.0. The quantitative estimate of drug-likeness (QED) is 0.824. The second-order valence-corrected chi connectivity index (χ2v) is 7.72. The first-order valence-corrected chi connectivity index (χ1v) is 7.35. The van der Waals surface area contributed by atoms with Gasteiger partial charge in [0.1, 0.15) is 5.01 Å². The molecule has 3 atom stereocenters. The van der Waals surface area contributed by atoms with Crippen LogP contribution in [0.15, 0.2) is 0 Å². The molecule has 2 N–H and O–H groups in total. The Morgan fingerprint density at radius 2 is 2.00 bits per heavy atom. The van der Waals surface area contributed by atoms with Crippen molar-refractivity contribution in [1.29, 1.82) is 0 Å². The summed E-state index contributed by atoms with van der Waals surface area (Å²) in [6, 6.07) is 0.0561. The fourth-order valence-corrected chi connectivity index (χ4v) is 3.95. The predicted molar refractivity (Wildman–Crippen MR) is 74.4 cm³/mol. The topological polar surface area (TPSA) is 38.9 Å². The van der Waals surface area contributed by atoms with Crippen molar-refractivity contribution in [2.45, 2.75) is 59.4 Å². The molecule has 1 aliphatic rings. The second-order valence-electron chi connectivity index (χ2n) is 6.65. The minimum atomic E-state index is 0.0561. The number of hydrogen-bond donors (Lipinski definition) is 1. The molecule has 0 saturated heterocycles. The van der Waals surface area contributed by atoms with Gasteiger partial charge in [0.05, 0.1) is 11.7 Å². The molecule has 0 bridgehead atoms. The third kappa shape index (κ3) is 2.55. The molecule has 1 heterocycles. The van der Waals surface area contributed by atoms with Crippen molar-refractivity contribution in [1.82, 2.24) is 4.98 Å². The Morgan fingerprint density at radius 1 is 1.35 bits per heavy atom. The third-order valence-electron chi connectivity index (χ3n) is 3.69. The highest BCUT2D eigenvalue weighted by atomic mass is 32.1. The van der Waals surface area contributed by atoms with E-state index in [0.29, 0.717) is 5.92 Å². The fourth-order valence-electron chi connectivity index (χ4n) is 2.54. The molecule has 3 heteroatoms. The second kappa shape index (κ2) is 4.36. The summed E-state index contributed by atoms with van der Waals surface area (Å²) >= 11 is 1.84. The molecule has 0 fully saturated rings. The Labute approximate surface area is 109 Å². The lowest BCUT2D eigenvalue weighted by Gasteiger charge is -2.24. The smallest absolute Gasteiger partial charge is 0.110 e. The van der Waals surface area contributed by atoms with E-state index in [2.05, 4.69) is 34.6 Å². The van der Waals surface area contributed by atoms with Gasteiger partial charge in [-0.25, -0.2) is 4.98 Å². The van der Waals surface area contributed by atoms with Crippen molar-refractivity contribution in [3.63, 3.8) is 0 Å². The molecule has 3 unspecified atom stereocenters. The maximum absolute atomic E-state index is 6.31. The first-order valence-electron chi connectivity index (χ1n) is 6.54. The van der Waals surface area contributed by atoms with E-state index in [1.807, 2.05) is 11.3 Å². The van der Waals surface area contributed by atoms with Crippen molar-refractivity contribution in [3.05, 3.63) is 15.6 Å². The van der Waals surface area contributed by atoms with Gasteiger partial charge in [-0.1, -0.05) is 34.6 Å². The molecule has 1 aromatic rings. The van der Waals surface area contributed by atoms with Crippen LogP contribution < -0.4 is 5.73 Å². The van der Waals surface area contributed by atoms with Gasteiger partial charge in [-0.3, -0.25) is 0 Å². The molecule has 1 aromatic heterocycles. The summed E-state index contributed by atoms with van der Waals surface area (Å²) < 4.78 is 0. The van der Waals surface area contributed by atoms with Gasteiger partial charge in [0.2, 0.25) is 0 Å². The highest BCUT2D eigenvalue weighted by Gasteiger charge is 2.30. The van der Waals surface area contributed by atoms with Gasteiger partial charge in [0.15, 0.2) is 0 Å². The van der Waals surface area contributed by atoms with Crippen LogP contribution in [0.25, 0.3) is 0 Å². The average Bonchev–Trinajstić information content (AvgIpc) is 2.58. The summed E-state index contributed by atoms with van der Waals surface area (Å²) in [5.41, 5.74) is 7.72. The number of thiazole rings is 1. The van der Waals surface area contributed by atoms with Crippen molar-refractivity contribution in [2.75, 3.05) is 0 Å². The minimum absolute atomic E-state index is 0.0561. The molecule has 1 aliphatic carbocycles. The lowest BCUT2D eigenvalue weighted by Crippen LogP contribution is -2.26. The summed E-state index contributed by atoms with van der Waals surface area (Å²) in [5.74, 6) is 1.42. The number of hydrogen-bond acceptors (Lipinski definition) is 3. The lowest BCUT2D eigenvalue weighted by atomic mass is 9.85. The van der Waals surface area contributed by atoms with Crippen molar-refractivity contribution in [2.24, 2.45) is 17.1 Å². The standard InChI is InChI=1S/C14H24N2S/c1-8-6-9(2)11-10(7-8)16-13(17-11)12(15)14(3,4)5/h8-9,12H,6-7,15H2,1-5H3. The van der Waals surface area contributed by atoms with Crippen LogP contribution in [0.3, 0.4) is 0 Å². The Morgan fingerprint density at radius 3 is 2.59 bits per heavy atom. The Kier molecular flexibility index (Phi) is 3.34. The normalized spacial score (nSPS) is 26.7. The van der Waals surface area contributed by atoms with Crippen LogP contribution >= 0.6 is 11.3 Å². The molecule has 0 amide bonds. The van der Waals surface area contributed by atoms with Crippen LogP contribution in [0, 0.1) is 11.3 Å². The van der Waals surface area contributed by atoms with Crippen LogP contribution in [-0.4, -0.2) is 4.98 Å². The van der Waals surface area contributed by atoms with Crippen LogP contribution in [0.1, 0.15) is 68.6 Å². The van der Waals surface area contributed by atoms with Crippen LogP contribution in [0.2, 0.25) is 0 Å². The van der Waals surface area contributed by atoms with Gasteiger partial charge < -0.3 is 5.73 Å². The number of aromatic nitrogens is 1. The van der Waals surface area contributed by atoms with Crippen molar-refractivity contribution in [3.8, 4) is 0 Å². The van der Waals surface area contributed by atoms with E-state index in [4.69, 9.17) is 10.7 Å². The number of nitrogens with two attached hydrogens (primary N) is 1. The van der Waals surface area contributed by atoms with E-state index >= 15 is 0 Å². The minimum Gasteiger partial charge on any atom is -0.322 e. The van der Waals surface area contributed by atoms with Crippen LogP contribution in [-0.2, 0) is 6.42 Å². The first-order chi connectivity index (χ1) is 7.79. The summed E-state index contributed by atoms with van der Waals surface area (Å²) in [6.45, 7) is 11.2. The molecule has 0 saturated carbocycles. The molecule has 2 rings (SSSR count). The van der Waals surface area contributed by atoms with E-state index < -0.39 is 0 Å². The molecule has 17 heavy (non-hydrogen) atoms. The summed E-state index contributed by atoms with van der Waals surface area (Å²) in [6.07, 6.45) is 2.42. The molecule has 0 radical (unpaired) electrons. The zero-order valence-electron chi connectivity index (χ0n) is 11.6. The van der Waals surface area contributed by atoms with Gasteiger partial charge >= 0.3 is 0 Å². The molecular formula is C14H24N2S. The highest BCUT2D eigenvalue weighted by Crippen LogP contribution is 2.41. The van der Waals surface area contributed by atoms with Crippen molar-refractivity contribution >= 4 is 11.3 Å². The number of fused-ring (bicyclic) bond motifs is 1. The van der Waals surface area contributed by atoms with Gasteiger partial charge in [0.25, 0.3) is 0 Å². The maximum atomic E-state index is 6.31. The monoisotopic (exact) mass is 252 g/mol. The zero-order chi connectivity index (χ0) is 12.8. The molecular weight excluding hydrogens is 228 g/mol. The Balaban J connectivity index is 2.32. The van der Waals surface area contributed by atoms with E-state index in [-0.39, 0.29) is 11.5 Å². The van der Waals surface area contributed by atoms with E-state index in [1.165, 1.54) is 17.0 Å². The maximum Gasteiger partial charge on any atom is 0.110 e. The summed E-state index contributed by atoms with van der Waals surface area (Å²) in [4.78, 5) is 6.30. The average molecular weight is 252 g/mol. The largest absolute Gasteiger partial charge is 0.322 e. The fraction of sp³-hybridized carbons (Fsp3) is 0.786. The van der Waals surface area contributed by atoms with Crippen LogP contribution in [0.5, 0.6) is 0 Å². The van der Waals surface area contributed by atoms with Gasteiger partial charge in [0, 0.05) is 4.88 Å². The van der Waals surface area contributed by atoms with Gasteiger partial charge in [-0.2, -0.15) is 0 Å². The molecule has 0 spiro atoms. The molecule has 0 aliphatic heterocycles. The highest BCUT2D eigenvalue weighted by molar-refractivity contribution is 7.12. The molecule has 0 aromatic carbocycles. The molecule has 96 valence electrons. The lowest BCUT2D eigenvalue weighted by molar-refractivity contribution is 0.325. The Hall–Kier alpha value is -0.410. The van der Waals surface area contributed by atoms with Crippen molar-refractivity contribution < 1.29 is 0 Å².